The fraction of sp³-hybridized carbons (Fsp3) is 0.240. The van der Waals surface area contributed by atoms with Gasteiger partial charge < -0.3 is 15.2 Å². The molecule has 5 aromatic rings. The monoisotopic (exact) mass is 485 g/mol. The molecule has 35 heavy (non-hydrogen) atoms. The number of piperidine rings is 1. The summed E-state index contributed by atoms with van der Waals surface area (Å²) in [4.78, 5) is 35.4. The number of likely N-dealkylation sites (tertiary alicyclic amines) is 1. The van der Waals surface area contributed by atoms with E-state index in [1.54, 1.807) is 23.6 Å². The number of thiazole rings is 1. The maximum absolute atomic E-state index is 12.9. The van der Waals surface area contributed by atoms with Crippen LogP contribution in [0.1, 0.15) is 39.8 Å². The lowest BCUT2D eigenvalue weighted by atomic mass is 9.97. The van der Waals surface area contributed by atoms with Crippen LogP contribution in [0.2, 0.25) is 0 Å². The van der Waals surface area contributed by atoms with Gasteiger partial charge in [0, 0.05) is 47.2 Å². The fourth-order valence-electron chi connectivity index (χ4n) is 4.62. The number of carbonyl (C=O) groups excluding carboxylic acids is 2. The van der Waals surface area contributed by atoms with Crippen molar-refractivity contribution in [1.82, 2.24) is 30.3 Å². The summed E-state index contributed by atoms with van der Waals surface area (Å²) in [5, 5.41) is 17.4. The van der Waals surface area contributed by atoms with Gasteiger partial charge in [-0.3, -0.25) is 9.59 Å². The van der Waals surface area contributed by atoms with Crippen LogP contribution in [0.4, 0.5) is 5.69 Å². The number of hydrogen-bond donors (Lipinski definition) is 3. The maximum atomic E-state index is 12.9. The number of fused-ring (bicyclic) bond motifs is 2. The molecule has 1 fully saturated rings. The van der Waals surface area contributed by atoms with Crippen LogP contribution in [0.5, 0.6) is 0 Å². The molecule has 1 saturated heterocycles. The van der Waals surface area contributed by atoms with Gasteiger partial charge in [0.1, 0.15) is 16.7 Å². The first-order valence-corrected chi connectivity index (χ1v) is 12.4. The number of para-hydroxylation sites is 1. The van der Waals surface area contributed by atoms with Crippen LogP contribution < -0.4 is 5.32 Å². The minimum Gasteiger partial charge on any atom is -0.361 e. The van der Waals surface area contributed by atoms with E-state index in [2.05, 4.69) is 30.7 Å². The van der Waals surface area contributed by atoms with E-state index in [4.69, 9.17) is 0 Å². The molecule has 0 unspecified atom stereocenters. The van der Waals surface area contributed by atoms with Gasteiger partial charge in [-0.15, -0.1) is 11.3 Å². The molecule has 2 aromatic carbocycles. The Morgan fingerprint density at radius 2 is 1.91 bits per heavy atom. The second-order valence-electron chi connectivity index (χ2n) is 8.74. The molecule has 0 spiro atoms. The molecular weight excluding hydrogens is 462 g/mol. The van der Waals surface area contributed by atoms with Crippen molar-refractivity contribution >= 4 is 50.8 Å². The predicted molar refractivity (Wildman–Crippen MR) is 135 cm³/mol. The molecule has 1 aliphatic heterocycles. The third-order valence-corrected chi connectivity index (χ3v) is 7.55. The van der Waals surface area contributed by atoms with Gasteiger partial charge in [0.2, 0.25) is 5.91 Å². The maximum Gasteiger partial charge on any atom is 0.275 e. The SMILES string of the molecule is O=C(Nc1ccc2n[nH]nc2c1)c1csc(C2CCN(C(=O)Cc3c[nH]c4ccccc34)CC2)n1. The van der Waals surface area contributed by atoms with Crippen molar-refractivity contribution in [2.75, 3.05) is 18.4 Å². The van der Waals surface area contributed by atoms with Crippen LogP contribution in [-0.2, 0) is 11.2 Å². The van der Waals surface area contributed by atoms with Crippen molar-refractivity contribution < 1.29 is 9.59 Å². The lowest BCUT2D eigenvalue weighted by molar-refractivity contribution is -0.131. The Morgan fingerprint density at radius 3 is 2.80 bits per heavy atom. The van der Waals surface area contributed by atoms with Crippen LogP contribution in [-0.4, -0.2) is 55.2 Å². The molecule has 10 heteroatoms. The van der Waals surface area contributed by atoms with Crippen LogP contribution in [0, 0.1) is 0 Å². The summed E-state index contributed by atoms with van der Waals surface area (Å²) in [6, 6.07) is 13.4. The Morgan fingerprint density at radius 1 is 1.09 bits per heavy atom. The molecule has 9 nitrogen and oxygen atoms in total. The third kappa shape index (κ3) is 4.28. The Kier molecular flexibility index (Phi) is 5.49. The van der Waals surface area contributed by atoms with Gasteiger partial charge in [0.15, 0.2) is 0 Å². The quantitative estimate of drug-likeness (QED) is 0.346. The first-order chi connectivity index (χ1) is 17.1. The molecule has 4 heterocycles. The zero-order chi connectivity index (χ0) is 23.8. The molecule has 0 aliphatic carbocycles. The molecule has 176 valence electrons. The average Bonchev–Trinajstić information content (AvgIpc) is 3.64. The zero-order valence-electron chi connectivity index (χ0n) is 18.8. The number of hydrogen-bond acceptors (Lipinski definition) is 6. The highest BCUT2D eigenvalue weighted by molar-refractivity contribution is 7.10. The molecule has 0 saturated carbocycles. The molecule has 0 radical (unpaired) electrons. The highest BCUT2D eigenvalue weighted by Gasteiger charge is 2.27. The lowest BCUT2D eigenvalue weighted by Crippen LogP contribution is -2.38. The topological polar surface area (TPSA) is 120 Å². The minimum atomic E-state index is -0.248. The standard InChI is InChI=1S/C25H23N7O2S/c33-23(11-16-13-26-19-4-2-1-3-18(16)19)32-9-7-15(8-10-32)25-28-22(14-35-25)24(34)27-17-5-6-20-21(12-17)30-31-29-20/h1-6,12-15,26H,7-11H2,(H,27,34)(H,29,30,31). The molecule has 0 bridgehead atoms. The van der Waals surface area contributed by atoms with Gasteiger partial charge in [-0.1, -0.05) is 18.2 Å². The van der Waals surface area contributed by atoms with Crippen molar-refractivity contribution in [1.29, 1.82) is 0 Å². The van der Waals surface area contributed by atoms with E-state index in [-0.39, 0.29) is 17.7 Å². The first kappa shape index (κ1) is 21.5. The lowest BCUT2D eigenvalue weighted by Gasteiger charge is -2.31. The highest BCUT2D eigenvalue weighted by Crippen LogP contribution is 2.31. The average molecular weight is 486 g/mol. The molecular formula is C25H23N7O2S. The zero-order valence-corrected chi connectivity index (χ0v) is 19.6. The fourth-order valence-corrected chi connectivity index (χ4v) is 5.59. The summed E-state index contributed by atoms with van der Waals surface area (Å²) < 4.78 is 0. The van der Waals surface area contributed by atoms with Gasteiger partial charge in [-0.2, -0.15) is 15.4 Å². The van der Waals surface area contributed by atoms with E-state index in [0.717, 1.165) is 39.8 Å². The van der Waals surface area contributed by atoms with Crippen molar-refractivity contribution in [3.8, 4) is 0 Å². The first-order valence-electron chi connectivity index (χ1n) is 11.5. The number of H-pyrrole nitrogens is 2. The van der Waals surface area contributed by atoms with Crippen LogP contribution in [0.3, 0.4) is 0 Å². The van der Waals surface area contributed by atoms with Gasteiger partial charge in [-0.05, 0) is 42.7 Å². The van der Waals surface area contributed by atoms with Gasteiger partial charge in [0.25, 0.3) is 5.91 Å². The number of amides is 2. The molecule has 2 amide bonds. The number of rotatable bonds is 5. The van der Waals surface area contributed by atoms with Crippen molar-refractivity contribution in [3.63, 3.8) is 0 Å². The van der Waals surface area contributed by atoms with E-state index >= 15 is 0 Å². The summed E-state index contributed by atoms with van der Waals surface area (Å²) in [5.41, 5.74) is 4.57. The van der Waals surface area contributed by atoms with E-state index in [1.165, 1.54) is 11.3 Å². The number of benzene rings is 2. The molecule has 0 atom stereocenters. The van der Waals surface area contributed by atoms with E-state index in [9.17, 15) is 9.59 Å². The second kappa shape index (κ2) is 8.95. The largest absolute Gasteiger partial charge is 0.361 e. The summed E-state index contributed by atoms with van der Waals surface area (Å²) in [5.74, 6) is 0.156. The predicted octanol–water partition coefficient (Wildman–Crippen LogP) is 4.10. The number of aromatic nitrogens is 5. The minimum absolute atomic E-state index is 0.150. The summed E-state index contributed by atoms with van der Waals surface area (Å²) in [6.07, 6.45) is 4.02. The van der Waals surface area contributed by atoms with Gasteiger partial charge in [-0.25, -0.2) is 4.98 Å². The van der Waals surface area contributed by atoms with Gasteiger partial charge in [0.05, 0.1) is 11.4 Å². The van der Waals surface area contributed by atoms with Crippen LogP contribution in [0.15, 0.2) is 54.0 Å². The highest BCUT2D eigenvalue weighted by atomic mass is 32.1. The number of aromatic amines is 2. The van der Waals surface area contributed by atoms with Gasteiger partial charge >= 0.3 is 0 Å². The molecule has 1 aliphatic rings. The smallest absolute Gasteiger partial charge is 0.275 e. The third-order valence-electron chi connectivity index (χ3n) is 6.54. The van der Waals surface area contributed by atoms with Crippen LogP contribution >= 0.6 is 11.3 Å². The van der Waals surface area contributed by atoms with Crippen molar-refractivity contribution in [2.45, 2.75) is 25.2 Å². The number of anilines is 1. The Hall–Kier alpha value is -4.05. The summed E-state index contributed by atoms with van der Waals surface area (Å²) in [6.45, 7) is 1.40. The Bertz CT molecular complexity index is 1530. The summed E-state index contributed by atoms with van der Waals surface area (Å²) >= 11 is 1.51. The van der Waals surface area contributed by atoms with Crippen LogP contribution in [0.25, 0.3) is 21.9 Å². The molecule has 6 rings (SSSR count). The van der Waals surface area contributed by atoms with Crippen molar-refractivity contribution in [3.05, 3.63) is 70.3 Å². The summed E-state index contributed by atoms with van der Waals surface area (Å²) in [7, 11) is 0. The van der Waals surface area contributed by atoms with Crippen molar-refractivity contribution in [2.24, 2.45) is 0 Å². The second-order valence-corrected chi connectivity index (χ2v) is 9.63. The van der Waals surface area contributed by atoms with E-state index in [1.807, 2.05) is 35.4 Å². The number of nitrogens with one attached hydrogen (secondary N) is 3. The molecule has 3 aromatic heterocycles. The van der Waals surface area contributed by atoms with E-state index in [0.29, 0.717) is 36.4 Å². The Labute approximate surface area is 204 Å². The normalized spacial score (nSPS) is 14.6. The molecule has 3 N–H and O–H groups in total. The number of nitrogens with zero attached hydrogens (tertiary/aromatic N) is 4. The number of carbonyl (C=O) groups is 2. The Balaban J connectivity index is 1.05. The van der Waals surface area contributed by atoms with E-state index < -0.39 is 0 Å².